The van der Waals surface area contributed by atoms with Crippen molar-refractivity contribution in [3.8, 4) is 11.5 Å². The highest BCUT2D eigenvalue weighted by atomic mass is 16.5. The lowest BCUT2D eigenvalue weighted by molar-refractivity contribution is 0.0936. The Balaban J connectivity index is 1.68. The Bertz CT molecular complexity index is 1280. The van der Waals surface area contributed by atoms with E-state index in [1.807, 2.05) is 19.1 Å². The molecule has 2 aromatic heterocycles. The number of H-pyrrole nitrogens is 1. The molecule has 2 aromatic carbocycles. The maximum Gasteiger partial charge on any atom is 0.277 e. The number of ether oxygens (including phenoxy) is 2. The summed E-state index contributed by atoms with van der Waals surface area (Å²) in [5.74, 6) is 0.656. The van der Waals surface area contributed by atoms with E-state index in [1.165, 1.54) is 4.52 Å². The zero-order chi connectivity index (χ0) is 20.5. The average Bonchev–Trinajstić information content (AvgIpc) is 3.19. The number of nitrogens with zero attached hydrogens (tertiary/aromatic N) is 3. The number of para-hydroxylation sites is 2. The van der Waals surface area contributed by atoms with Gasteiger partial charge in [-0.2, -0.15) is 0 Å². The number of hydrogen-bond donors (Lipinski definition) is 2. The largest absolute Gasteiger partial charge is 0.493 e. The normalized spacial score (nSPS) is 12.1. The number of aromatic amines is 1. The Kier molecular flexibility index (Phi) is 4.63. The highest BCUT2D eigenvalue weighted by Gasteiger charge is 2.21. The van der Waals surface area contributed by atoms with Crippen molar-refractivity contribution in [2.24, 2.45) is 0 Å². The van der Waals surface area contributed by atoms with E-state index in [1.54, 1.807) is 44.6 Å². The number of fused-ring (bicyclic) bond motifs is 3. The maximum absolute atomic E-state index is 12.8. The number of hydrogen-bond acceptors (Lipinski definition) is 6. The molecule has 4 aromatic rings. The SMILES string of the molecule is COc1ccc([C@H](C)NC(=O)c2nnn3c2c(=O)[nH]c2ccccc23)cc1OC. The van der Waals surface area contributed by atoms with Crippen LogP contribution < -0.4 is 20.3 Å². The Labute approximate surface area is 165 Å². The Morgan fingerprint density at radius 3 is 2.66 bits per heavy atom. The fourth-order valence-electron chi connectivity index (χ4n) is 3.22. The first kappa shape index (κ1) is 18.5. The highest BCUT2D eigenvalue weighted by Crippen LogP contribution is 2.30. The van der Waals surface area contributed by atoms with E-state index in [0.29, 0.717) is 22.5 Å². The van der Waals surface area contributed by atoms with Crippen LogP contribution in [0.3, 0.4) is 0 Å². The van der Waals surface area contributed by atoms with Crippen molar-refractivity contribution in [2.75, 3.05) is 14.2 Å². The van der Waals surface area contributed by atoms with Gasteiger partial charge in [0.05, 0.1) is 31.3 Å². The molecule has 1 atom stereocenters. The number of rotatable bonds is 5. The van der Waals surface area contributed by atoms with Crippen LogP contribution in [0.5, 0.6) is 11.5 Å². The lowest BCUT2D eigenvalue weighted by Crippen LogP contribution is -2.28. The van der Waals surface area contributed by atoms with Crippen LogP contribution in [0.15, 0.2) is 47.3 Å². The second kappa shape index (κ2) is 7.27. The molecule has 0 aliphatic carbocycles. The molecule has 2 heterocycles. The molecule has 4 rings (SSSR count). The average molecular weight is 393 g/mol. The second-order valence-electron chi connectivity index (χ2n) is 6.48. The smallest absolute Gasteiger partial charge is 0.277 e. The summed E-state index contributed by atoms with van der Waals surface area (Å²) < 4.78 is 11.9. The number of amides is 1. The fraction of sp³-hybridized carbons (Fsp3) is 0.200. The Morgan fingerprint density at radius 2 is 1.90 bits per heavy atom. The number of methoxy groups -OCH3 is 2. The van der Waals surface area contributed by atoms with Gasteiger partial charge in [-0.1, -0.05) is 23.4 Å². The topological polar surface area (TPSA) is 111 Å². The summed E-state index contributed by atoms with van der Waals surface area (Å²) in [6, 6.07) is 12.2. The van der Waals surface area contributed by atoms with E-state index in [0.717, 1.165) is 5.56 Å². The van der Waals surface area contributed by atoms with E-state index in [-0.39, 0.29) is 17.3 Å². The summed E-state index contributed by atoms with van der Waals surface area (Å²) in [5.41, 5.74) is 1.71. The van der Waals surface area contributed by atoms with Crippen LogP contribution in [0.4, 0.5) is 0 Å². The van der Waals surface area contributed by atoms with Gasteiger partial charge < -0.3 is 19.8 Å². The van der Waals surface area contributed by atoms with Gasteiger partial charge in [-0.25, -0.2) is 4.52 Å². The molecule has 0 aliphatic heterocycles. The third kappa shape index (κ3) is 3.16. The third-order valence-electron chi connectivity index (χ3n) is 4.74. The quantitative estimate of drug-likeness (QED) is 0.537. The molecule has 0 radical (unpaired) electrons. The molecule has 29 heavy (non-hydrogen) atoms. The van der Waals surface area contributed by atoms with Gasteiger partial charge in [0.15, 0.2) is 22.7 Å². The van der Waals surface area contributed by atoms with Crippen LogP contribution >= 0.6 is 0 Å². The molecule has 9 nitrogen and oxygen atoms in total. The summed E-state index contributed by atoms with van der Waals surface area (Å²) >= 11 is 0. The summed E-state index contributed by atoms with van der Waals surface area (Å²) in [5, 5.41) is 10.8. The van der Waals surface area contributed by atoms with Crippen LogP contribution in [0.1, 0.15) is 29.0 Å². The van der Waals surface area contributed by atoms with Crippen molar-refractivity contribution in [1.82, 2.24) is 25.1 Å². The van der Waals surface area contributed by atoms with Gasteiger partial charge in [0.1, 0.15) is 0 Å². The zero-order valence-corrected chi connectivity index (χ0v) is 16.1. The number of benzene rings is 2. The molecule has 1 amide bonds. The molecular formula is C20H19N5O4. The molecule has 2 N–H and O–H groups in total. The van der Waals surface area contributed by atoms with Crippen molar-refractivity contribution in [3.05, 3.63) is 64.1 Å². The number of aromatic nitrogens is 4. The summed E-state index contributed by atoms with van der Waals surface area (Å²) in [6.07, 6.45) is 0. The second-order valence-corrected chi connectivity index (χ2v) is 6.48. The first-order chi connectivity index (χ1) is 14.0. The minimum Gasteiger partial charge on any atom is -0.493 e. The van der Waals surface area contributed by atoms with Crippen molar-refractivity contribution in [2.45, 2.75) is 13.0 Å². The predicted octanol–water partition coefficient (Wildman–Crippen LogP) is 2.08. The van der Waals surface area contributed by atoms with E-state index in [9.17, 15) is 9.59 Å². The van der Waals surface area contributed by atoms with Crippen molar-refractivity contribution < 1.29 is 14.3 Å². The van der Waals surface area contributed by atoms with Gasteiger partial charge in [-0.05, 0) is 36.8 Å². The van der Waals surface area contributed by atoms with Gasteiger partial charge >= 0.3 is 0 Å². The minimum absolute atomic E-state index is 0.0377. The Morgan fingerprint density at radius 1 is 1.14 bits per heavy atom. The summed E-state index contributed by atoms with van der Waals surface area (Å²) in [4.78, 5) is 28.1. The van der Waals surface area contributed by atoms with Crippen LogP contribution in [-0.2, 0) is 0 Å². The van der Waals surface area contributed by atoms with Crippen LogP contribution in [0.2, 0.25) is 0 Å². The van der Waals surface area contributed by atoms with Crippen molar-refractivity contribution in [3.63, 3.8) is 0 Å². The fourth-order valence-corrected chi connectivity index (χ4v) is 3.22. The molecule has 0 fully saturated rings. The van der Waals surface area contributed by atoms with E-state index < -0.39 is 11.5 Å². The van der Waals surface area contributed by atoms with Gasteiger partial charge in [-0.15, -0.1) is 5.10 Å². The molecule has 0 unspecified atom stereocenters. The standard InChI is InChI=1S/C20H19N5O4/c1-11(12-8-9-15(28-2)16(10-12)29-3)21-19(26)17-18-20(27)22-13-6-4-5-7-14(13)25(18)24-23-17/h4-11H,1-3H3,(H,21,26)(H,22,27)/t11-/m0/s1. The van der Waals surface area contributed by atoms with Crippen molar-refractivity contribution in [1.29, 1.82) is 0 Å². The molecule has 0 saturated heterocycles. The summed E-state index contributed by atoms with van der Waals surface area (Å²) in [7, 11) is 3.10. The molecule has 0 spiro atoms. The molecule has 9 heteroatoms. The predicted molar refractivity (Wildman–Crippen MR) is 107 cm³/mol. The van der Waals surface area contributed by atoms with Crippen LogP contribution in [-0.4, -0.2) is 39.9 Å². The molecule has 0 aliphatic rings. The van der Waals surface area contributed by atoms with Crippen LogP contribution in [0, 0.1) is 0 Å². The first-order valence-corrected chi connectivity index (χ1v) is 8.92. The van der Waals surface area contributed by atoms with Gasteiger partial charge in [0.2, 0.25) is 0 Å². The van der Waals surface area contributed by atoms with Crippen molar-refractivity contribution >= 4 is 22.5 Å². The van der Waals surface area contributed by atoms with E-state index in [2.05, 4.69) is 20.6 Å². The molecule has 0 saturated carbocycles. The van der Waals surface area contributed by atoms with E-state index >= 15 is 0 Å². The van der Waals surface area contributed by atoms with Crippen LogP contribution in [0.25, 0.3) is 16.6 Å². The Hall–Kier alpha value is -3.88. The highest BCUT2D eigenvalue weighted by molar-refractivity contribution is 5.99. The van der Waals surface area contributed by atoms with E-state index in [4.69, 9.17) is 9.47 Å². The lowest BCUT2D eigenvalue weighted by Gasteiger charge is -2.16. The monoisotopic (exact) mass is 393 g/mol. The number of carbonyl (C=O) groups excluding carboxylic acids is 1. The summed E-state index contributed by atoms with van der Waals surface area (Å²) in [6.45, 7) is 1.82. The maximum atomic E-state index is 12.8. The van der Waals surface area contributed by atoms with Gasteiger partial charge in [0.25, 0.3) is 11.5 Å². The number of carbonyl (C=O) groups is 1. The molecular weight excluding hydrogens is 374 g/mol. The molecule has 0 bridgehead atoms. The zero-order valence-electron chi connectivity index (χ0n) is 16.1. The van der Waals surface area contributed by atoms with Gasteiger partial charge in [0, 0.05) is 0 Å². The molecule has 148 valence electrons. The minimum atomic E-state index is -0.497. The number of nitrogens with one attached hydrogen (secondary N) is 2. The first-order valence-electron chi connectivity index (χ1n) is 8.92. The van der Waals surface area contributed by atoms with Gasteiger partial charge in [-0.3, -0.25) is 9.59 Å². The lowest BCUT2D eigenvalue weighted by atomic mass is 10.1. The third-order valence-corrected chi connectivity index (χ3v) is 4.74.